The van der Waals surface area contributed by atoms with Crippen LogP contribution in [0.1, 0.15) is 138 Å². The summed E-state index contributed by atoms with van der Waals surface area (Å²) >= 11 is 0. The fourth-order valence-corrected chi connectivity index (χ4v) is 16.5. The van der Waals surface area contributed by atoms with Crippen LogP contribution in [0, 0.1) is 0 Å². The van der Waals surface area contributed by atoms with Gasteiger partial charge in [-0.05, 0) is 115 Å². The normalized spacial score (nSPS) is 21.7. The van der Waals surface area contributed by atoms with Crippen molar-refractivity contribution >= 4 is 23.2 Å². The molecular weight excluding hydrogens is 771 g/mol. The summed E-state index contributed by atoms with van der Waals surface area (Å²) in [6.45, 7) is -0.465. The van der Waals surface area contributed by atoms with Crippen molar-refractivity contribution in [2.45, 2.75) is 137 Å². The summed E-state index contributed by atoms with van der Waals surface area (Å²) in [6.07, 6.45) is 21.0. The molecule has 0 atom stereocenters. The van der Waals surface area contributed by atoms with Gasteiger partial charge in [0.1, 0.15) is 0 Å². The van der Waals surface area contributed by atoms with E-state index in [4.69, 9.17) is 0 Å². The second-order valence-corrected chi connectivity index (χ2v) is 21.6. The van der Waals surface area contributed by atoms with E-state index in [-0.39, 0.29) is 32.8 Å². The van der Waals surface area contributed by atoms with E-state index < -0.39 is 6.98 Å². The second kappa shape index (κ2) is 12.2. The van der Waals surface area contributed by atoms with Crippen LogP contribution in [0.15, 0.2) is 113 Å². The van der Waals surface area contributed by atoms with Crippen LogP contribution in [-0.4, -0.2) is 25.5 Å². The lowest BCUT2D eigenvalue weighted by atomic mass is 9.68. The van der Waals surface area contributed by atoms with Gasteiger partial charge in [-0.1, -0.05) is 142 Å². The molecule has 0 radical (unpaired) electrons. The first-order chi connectivity index (χ1) is 31.0. The Balaban J connectivity index is 1.06. The van der Waals surface area contributed by atoms with Crippen LogP contribution in [0.5, 0.6) is 0 Å². The Morgan fingerprint density at radius 1 is 0.460 bits per heavy atom. The number of aromatic nitrogens is 4. The van der Waals surface area contributed by atoms with Crippen LogP contribution >= 0.6 is 0 Å². The molecule has 7 aromatic rings. The molecule has 0 saturated heterocycles. The third-order valence-electron chi connectivity index (χ3n) is 18.6. The SMILES string of the molecule is O=c1c2c(n3n1B1c4c-3cc3cc(-c5c(-c6ccccc6)cccc5-c5ccccc5)ccc3c4-n3c4c(c(=O)n31)C1(CCCC1)CC41CCCC1)C1(CCCC1)CC21CCCC1. The summed E-state index contributed by atoms with van der Waals surface area (Å²) in [7, 11) is 0. The van der Waals surface area contributed by atoms with Gasteiger partial charge >= 0.3 is 6.98 Å². The van der Waals surface area contributed by atoms with Crippen LogP contribution in [0.25, 0.3) is 55.5 Å². The molecule has 4 spiro atoms. The van der Waals surface area contributed by atoms with Crippen molar-refractivity contribution in [1.29, 1.82) is 0 Å². The Morgan fingerprint density at radius 2 is 0.937 bits per heavy atom. The van der Waals surface area contributed by atoms with Gasteiger partial charge in [-0.25, -0.2) is 0 Å². The van der Waals surface area contributed by atoms with Crippen molar-refractivity contribution in [2.75, 3.05) is 0 Å². The highest BCUT2D eigenvalue weighted by Crippen LogP contribution is 2.64. The molecule has 0 amide bonds. The van der Waals surface area contributed by atoms with Gasteiger partial charge < -0.3 is 0 Å². The smallest absolute Gasteiger partial charge is 0.269 e. The van der Waals surface area contributed by atoms with Gasteiger partial charge in [0.15, 0.2) is 0 Å². The number of fused-ring (bicyclic) bond motifs is 16. The van der Waals surface area contributed by atoms with E-state index >= 15 is 9.59 Å². The number of hydrogen-bond acceptors (Lipinski definition) is 2. The Kier molecular flexibility index (Phi) is 6.92. The molecule has 6 nitrogen and oxygen atoms in total. The molecule has 4 fully saturated rings. The zero-order valence-corrected chi connectivity index (χ0v) is 36.2. The van der Waals surface area contributed by atoms with Crippen molar-refractivity contribution in [2.24, 2.45) is 0 Å². The molecule has 4 saturated carbocycles. The topological polar surface area (TPSA) is 53.9 Å². The minimum absolute atomic E-state index is 0.00738. The lowest BCUT2D eigenvalue weighted by Crippen LogP contribution is -2.50. The van der Waals surface area contributed by atoms with Gasteiger partial charge in [-0.15, -0.1) is 0 Å². The van der Waals surface area contributed by atoms with Crippen LogP contribution < -0.4 is 16.6 Å². The molecule has 6 aliphatic carbocycles. The molecule has 0 N–H and O–H groups in total. The lowest BCUT2D eigenvalue weighted by Gasteiger charge is -2.31. The van der Waals surface area contributed by atoms with E-state index in [0.717, 1.165) is 86.7 Å². The first-order valence-corrected chi connectivity index (χ1v) is 24.6. The van der Waals surface area contributed by atoms with Gasteiger partial charge in [0.25, 0.3) is 11.1 Å². The molecule has 5 aromatic carbocycles. The largest absolute Gasteiger partial charge is 0.462 e. The maximum absolute atomic E-state index is 15.8. The molecule has 0 bridgehead atoms. The van der Waals surface area contributed by atoms with Crippen molar-refractivity contribution < 1.29 is 0 Å². The zero-order valence-electron chi connectivity index (χ0n) is 36.2. The molecule has 312 valence electrons. The monoisotopic (exact) mass is 824 g/mol. The van der Waals surface area contributed by atoms with Gasteiger partial charge in [0.2, 0.25) is 0 Å². The lowest BCUT2D eigenvalue weighted by molar-refractivity contribution is 0.310. The third-order valence-corrected chi connectivity index (χ3v) is 18.6. The van der Waals surface area contributed by atoms with Crippen LogP contribution in [0.2, 0.25) is 0 Å². The van der Waals surface area contributed by atoms with Crippen LogP contribution in [-0.2, 0) is 21.7 Å². The summed E-state index contributed by atoms with van der Waals surface area (Å²) in [5.74, 6) is 0. The standard InChI is InChI=1S/C56H53BN4O2/c62-51-45-49(55(28-11-12-29-55)34-53(45)24-7-8-25-53)58-43-33-39-32-38(44-40(36-16-3-1-4-17-36)20-15-21-41(44)37-18-5-2-6-19-37)22-23-42(39)48-47(43)57(60(51)58)61-52(63)46-50(59(48)61)56(30-13-14-31-56)35-54(46)26-9-10-27-54/h1-6,15-23,32-33H,7-14,24-31,34-35H2. The first kappa shape index (κ1) is 35.9. The van der Waals surface area contributed by atoms with Crippen molar-refractivity contribution in [3.63, 3.8) is 0 Å². The minimum Gasteiger partial charge on any atom is -0.269 e. The maximum atomic E-state index is 15.8. The average molecular weight is 825 g/mol. The first-order valence-electron chi connectivity index (χ1n) is 24.6. The van der Waals surface area contributed by atoms with Gasteiger partial charge in [0.05, 0.1) is 22.8 Å². The highest BCUT2D eigenvalue weighted by Gasteiger charge is 2.64. The van der Waals surface area contributed by atoms with E-state index in [1.807, 2.05) is 0 Å². The van der Waals surface area contributed by atoms with E-state index in [9.17, 15) is 0 Å². The van der Waals surface area contributed by atoms with Crippen molar-refractivity contribution in [1.82, 2.24) is 18.5 Å². The summed E-state index contributed by atoms with van der Waals surface area (Å²) in [5, 5.41) is 2.36. The zero-order chi connectivity index (χ0) is 41.5. The van der Waals surface area contributed by atoms with Crippen LogP contribution in [0.4, 0.5) is 0 Å². The predicted molar refractivity (Wildman–Crippen MR) is 253 cm³/mol. The number of hydrogen-bond donors (Lipinski definition) is 0. The predicted octanol–water partition coefficient (Wildman–Crippen LogP) is 11.2. The fraction of sp³-hybridized carbons (Fsp3) is 0.393. The van der Waals surface area contributed by atoms with E-state index in [0.29, 0.717) is 0 Å². The Morgan fingerprint density at radius 3 is 1.46 bits per heavy atom. The van der Waals surface area contributed by atoms with Crippen LogP contribution in [0.3, 0.4) is 0 Å². The van der Waals surface area contributed by atoms with E-state index in [1.165, 1.54) is 112 Å². The maximum Gasteiger partial charge on any atom is 0.462 e. The number of rotatable bonds is 3. The molecule has 2 aliphatic heterocycles. The molecule has 7 heteroatoms. The highest BCUT2D eigenvalue weighted by atomic mass is 16.1. The summed E-state index contributed by atoms with van der Waals surface area (Å²) in [5.41, 5.74) is 15.9. The molecule has 4 heterocycles. The molecule has 8 aliphatic rings. The van der Waals surface area contributed by atoms with Crippen molar-refractivity contribution in [3.8, 4) is 44.8 Å². The van der Waals surface area contributed by atoms with E-state index in [2.05, 4.69) is 122 Å². The summed E-state index contributed by atoms with van der Waals surface area (Å²) in [4.78, 5) is 31.7. The van der Waals surface area contributed by atoms with Gasteiger partial charge in [-0.2, -0.15) is 0 Å². The highest BCUT2D eigenvalue weighted by molar-refractivity contribution is 6.75. The van der Waals surface area contributed by atoms with Gasteiger partial charge in [-0.3, -0.25) is 28.1 Å². The van der Waals surface area contributed by atoms with Crippen molar-refractivity contribution in [3.05, 3.63) is 146 Å². The van der Waals surface area contributed by atoms with Gasteiger partial charge in [0, 0.05) is 43.6 Å². The summed E-state index contributed by atoms with van der Waals surface area (Å²) < 4.78 is 9.20. The Bertz CT molecular complexity index is 3190. The molecule has 63 heavy (non-hydrogen) atoms. The molecule has 15 rings (SSSR count). The number of nitrogens with zero attached hydrogens (tertiary/aromatic N) is 4. The van der Waals surface area contributed by atoms with E-state index in [1.54, 1.807) is 0 Å². The Hall–Kier alpha value is -5.56. The third kappa shape index (κ3) is 4.29. The summed E-state index contributed by atoms with van der Waals surface area (Å²) in [6, 6.07) is 38.0. The number of benzene rings is 5. The molecular formula is C56H53BN4O2. The second-order valence-electron chi connectivity index (χ2n) is 21.6. The molecule has 0 unspecified atom stereocenters. The minimum atomic E-state index is -0.465. The molecule has 2 aromatic heterocycles. The quantitative estimate of drug-likeness (QED) is 0.167. The average Bonchev–Trinajstić information content (AvgIpc) is 4.18. The fourth-order valence-electron chi connectivity index (χ4n) is 16.5. The Labute approximate surface area is 368 Å².